The molecule has 3 saturated heterocycles. The van der Waals surface area contributed by atoms with Crippen molar-refractivity contribution in [2.24, 2.45) is 4.99 Å². The summed E-state index contributed by atoms with van der Waals surface area (Å²) in [7, 11) is 1.84. The Morgan fingerprint density at radius 2 is 1.95 bits per heavy atom. The number of benzene rings is 1. The van der Waals surface area contributed by atoms with Crippen LogP contribution in [0, 0.1) is 0 Å². The summed E-state index contributed by atoms with van der Waals surface area (Å²) in [5.41, 5.74) is 1.28. The van der Waals surface area contributed by atoms with Gasteiger partial charge in [-0.1, -0.05) is 30.3 Å². The summed E-state index contributed by atoms with van der Waals surface area (Å²) < 4.78 is 0. The maximum absolute atomic E-state index is 4.36. The van der Waals surface area contributed by atoms with Crippen LogP contribution in [0.5, 0.6) is 0 Å². The van der Waals surface area contributed by atoms with E-state index in [2.05, 4.69) is 56.6 Å². The topological polar surface area (TPSA) is 42.9 Å². The SMILES string of the molecule is CN=C(NCC1CN2CCN1CC2)NC(C)c1ccccc1. The average molecular weight is 301 g/mol. The Morgan fingerprint density at radius 3 is 2.55 bits per heavy atom. The molecule has 3 aliphatic heterocycles. The molecule has 22 heavy (non-hydrogen) atoms. The standard InChI is InChI=1S/C17H27N5/c1-14(15-6-4-3-5-7-15)20-17(18-2)19-12-16-13-21-8-10-22(16)11-9-21/h3-7,14,16H,8-13H2,1-2H3,(H2,18,19,20). The summed E-state index contributed by atoms with van der Waals surface area (Å²) >= 11 is 0. The van der Waals surface area contributed by atoms with Gasteiger partial charge in [0.1, 0.15) is 0 Å². The Bertz CT molecular complexity index is 493. The molecule has 5 nitrogen and oxygen atoms in total. The fourth-order valence-electron chi connectivity index (χ4n) is 3.36. The largest absolute Gasteiger partial charge is 0.355 e. The van der Waals surface area contributed by atoms with Gasteiger partial charge in [0.05, 0.1) is 6.04 Å². The molecular weight excluding hydrogens is 274 g/mol. The van der Waals surface area contributed by atoms with E-state index in [1.807, 2.05) is 13.1 Å². The van der Waals surface area contributed by atoms with Crippen LogP contribution < -0.4 is 10.6 Å². The lowest BCUT2D eigenvalue weighted by Crippen LogP contribution is -2.63. The predicted molar refractivity (Wildman–Crippen MR) is 91.2 cm³/mol. The van der Waals surface area contributed by atoms with Gasteiger partial charge in [-0.25, -0.2) is 0 Å². The van der Waals surface area contributed by atoms with Crippen LogP contribution in [0.15, 0.2) is 35.3 Å². The summed E-state index contributed by atoms with van der Waals surface area (Å²) in [5, 5.41) is 6.97. The number of aliphatic imine (C=N–C) groups is 1. The Kier molecular flexibility index (Phi) is 4.95. The van der Waals surface area contributed by atoms with Gasteiger partial charge in [0, 0.05) is 52.4 Å². The summed E-state index contributed by atoms with van der Waals surface area (Å²) in [6, 6.07) is 11.3. The molecule has 1 aromatic carbocycles. The van der Waals surface area contributed by atoms with Crippen LogP contribution in [0.2, 0.25) is 0 Å². The summed E-state index contributed by atoms with van der Waals surface area (Å²) in [5.74, 6) is 0.883. The van der Waals surface area contributed by atoms with Gasteiger partial charge in [0.2, 0.25) is 0 Å². The summed E-state index contributed by atoms with van der Waals surface area (Å²) in [6.07, 6.45) is 0. The number of hydrogen-bond acceptors (Lipinski definition) is 3. The first-order valence-corrected chi connectivity index (χ1v) is 8.25. The van der Waals surface area contributed by atoms with E-state index >= 15 is 0 Å². The van der Waals surface area contributed by atoms with Crippen molar-refractivity contribution in [3.63, 3.8) is 0 Å². The average Bonchev–Trinajstić information content (AvgIpc) is 2.60. The number of nitrogens with zero attached hydrogens (tertiary/aromatic N) is 3. The Labute approximate surface area is 133 Å². The zero-order chi connectivity index (χ0) is 15.4. The minimum absolute atomic E-state index is 0.249. The van der Waals surface area contributed by atoms with E-state index in [0.717, 1.165) is 12.5 Å². The van der Waals surface area contributed by atoms with E-state index in [1.165, 1.54) is 38.3 Å². The van der Waals surface area contributed by atoms with Gasteiger partial charge in [-0.3, -0.25) is 14.8 Å². The Hall–Kier alpha value is -1.59. The lowest BCUT2D eigenvalue weighted by Gasteiger charge is -2.47. The molecule has 0 radical (unpaired) electrons. The van der Waals surface area contributed by atoms with E-state index in [1.54, 1.807) is 0 Å². The second kappa shape index (κ2) is 7.11. The van der Waals surface area contributed by atoms with Crippen molar-refractivity contribution >= 4 is 5.96 Å². The van der Waals surface area contributed by atoms with Crippen molar-refractivity contribution in [1.29, 1.82) is 0 Å². The maximum Gasteiger partial charge on any atom is 0.191 e. The van der Waals surface area contributed by atoms with E-state index < -0.39 is 0 Å². The molecule has 0 saturated carbocycles. The van der Waals surface area contributed by atoms with E-state index in [-0.39, 0.29) is 6.04 Å². The van der Waals surface area contributed by atoms with Crippen LogP contribution in [0.3, 0.4) is 0 Å². The highest BCUT2D eigenvalue weighted by atomic mass is 15.4. The highest BCUT2D eigenvalue weighted by Crippen LogP contribution is 2.15. The summed E-state index contributed by atoms with van der Waals surface area (Å²) in [4.78, 5) is 9.53. The van der Waals surface area contributed by atoms with Gasteiger partial charge in [0.15, 0.2) is 5.96 Å². The van der Waals surface area contributed by atoms with Gasteiger partial charge in [0.25, 0.3) is 0 Å². The van der Waals surface area contributed by atoms with E-state index in [9.17, 15) is 0 Å². The molecule has 0 amide bonds. The lowest BCUT2D eigenvalue weighted by atomic mass is 10.1. The number of guanidine groups is 1. The third kappa shape index (κ3) is 3.59. The normalized spacial score (nSPS) is 29.2. The minimum Gasteiger partial charge on any atom is -0.355 e. The minimum atomic E-state index is 0.249. The van der Waals surface area contributed by atoms with Crippen LogP contribution in [-0.4, -0.2) is 68.1 Å². The second-order valence-electron chi connectivity index (χ2n) is 6.22. The predicted octanol–water partition coefficient (Wildman–Crippen LogP) is 0.912. The fourth-order valence-corrected chi connectivity index (χ4v) is 3.36. The molecule has 3 fully saturated rings. The molecule has 2 atom stereocenters. The smallest absolute Gasteiger partial charge is 0.191 e. The van der Waals surface area contributed by atoms with Crippen LogP contribution in [0.1, 0.15) is 18.5 Å². The Morgan fingerprint density at radius 1 is 1.23 bits per heavy atom. The number of fused-ring (bicyclic) bond motifs is 3. The second-order valence-corrected chi connectivity index (χ2v) is 6.22. The molecule has 0 aromatic heterocycles. The number of piperazine rings is 3. The quantitative estimate of drug-likeness (QED) is 0.641. The highest BCUT2D eigenvalue weighted by Gasteiger charge is 2.31. The van der Waals surface area contributed by atoms with Gasteiger partial charge in [-0.15, -0.1) is 0 Å². The van der Waals surface area contributed by atoms with Crippen LogP contribution in [0.25, 0.3) is 0 Å². The summed E-state index contributed by atoms with van der Waals surface area (Å²) in [6.45, 7) is 9.18. The zero-order valence-electron chi connectivity index (χ0n) is 13.6. The molecule has 1 aromatic rings. The van der Waals surface area contributed by atoms with Crippen molar-refractivity contribution in [1.82, 2.24) is 20.4 Å². The number of rotatable bonds is 4. The van der Waals surface area contributed by atoms with Crippen molar-refractivity contribution in [3.05, 3.63) is 35.9 Å². The molecule has 4 rings (SSSR count). The third-order valence-corrected chi connectivity index (χ3v) is 4.77. The van der Waals surface area contributed by atoms with E-state index in [4.69, 9.17) is 0 Å². The molecule has 3 aliphatic rings. The van der Waals surface area contributed by atoms with Gasteiger partial charge < -0.3 is 10.6 Å². The maximum atomic E-state index is 4.36. The van der Waals surface area contributed by atoms with Crippen LogP contribution in [0.4, 0.5) is 0 Å². The van der Waals surface area contributed by atoms with Gasteiger partial charge in [-0.2, -0.15) is 0 Å². The monoisotopic (exact) mass is 301 g/mol. The molecule has 5 heteroatoms. The van der Waals surface area contributed by atoms with Crippen LogP contribution in [-0.2, 0) is 0 Å². The van der Waals surface area contributed by atoms with Crippen molar-refractivity contribution in [3.8, 4) is 0 Å². The van der Waals surface area contributed by atoms with Crippen LogP contribution >= 0.6 is 0 Å². The van der Waals surface area contributed by atoms with Crippen molar-refractivity contribution < 1.29 is 0 Å². The molecule has 0 spiro atoms. The molecule has 3 heterocycles. The lowest BCUT2D eigenvalue weighted by molar-refractivity contribution is 0.0154. The number of nitrogens with one attached hydrogen (secondary N) is 2. The zero-order valence-corrected chi connectivity index (χ0v) is 13.6. The van der Waals surface area contributed by atoms with Crippen molar-refractivity contribution in [2.45, 2.75) is 19.0 Å². The van der Waals surface area contributed by atoms with Crippen molar-refractivity contribution in [2.75, 3.05) is 46.3 Å². The molecule has 2 unspecified atom stereocenters. The molecule has 120 valence electrons. The highest BCUT2D eigenvalue weighted by molar-refractivity contribution is 5.80. The molecule has 0 aliphatic carbocycles. The first-order valence-electron chi connectivity index (χ1n) is 8.25. The van der Waals surface area contributed by atoms with E-state index in [0.29, 0.717) is 6.04 Å². The van der Waals surface area contributed by atoms with Gasteiger partial charge in [-0.05, 0) is 12.5 Å². The third-order valence-electron chi connectivity index (χ3n) is 4.77. The number of hydrogen-bond donors (Lipinski definition) is 2. The first-order chi connectivity index (χ1) is 10.8. The molecule has 2 bridgehead atoms. The Balaban J connectivity index is 1.50. The first kappa shape index (κ1) is 15.3. The van der Waals surface area contributed by atoms with Gasteiger partial charge >= 0.3 is 0 Å². The fraction of sp³-hybridized carbons (Fsp3) is 0.588. The molecular formula is C17H27N5. The molecule has 2 N–H and O–H groups in total.